The van der Waals surface area contributed by atoms with Crippen molar-refractivity contribution in [2.24, 2.45) is 5.92 Å². The van der Waals surface area contributed by atoms with Gasteiger partial charge in [0, 0.05) is 54.1 Å². The van der Waals surface area contributed by atoms with Crippen molar-refractivity contribution >= 4 is 22.9 Å². The lowest BCUT2D eigenvalue weighted by molar-refractivity contribution is -0.121. The summed E-state index contributed by atoms with van der Waals surface area (Å²) >= 11 is 2.01. The normalized spacial score (nSPS) is 25.6. The monoisotopic (exact) mass is 479 g/mol. The maximum absolute atomic E-state index is 12.6. The SMILES string of the molecule is CCc1cc2c(s1)CCOC21CCN(CC2CC(NC(=O)CN3CCc4ccccc43)C2)CC1. The summed E-state index contributed by atoms with van der Waals surface area (Å²) in [5.74, 6) is 0.884. The minimum Gasteiger partial charge on any atom is -0.370 e. The smallest absolute Gasteiger partial charge is 0.239 e. The van der Waals surface area contributed by atoms with Gasteiger partial charge in [-0.2, -0.15) is 0 Å². The van der Waals surface area contributed by atoms with Crippen LogP contribution in [-0.2, 0) is 34.4 Å². The van der Waals surface area contributed by atoms with E-state index in [1.165, 1.54) is 28.2 Å². The number of carbonyl (C=O) groups is 1. The van der Waals surface area contributed by atoms with Gasteiger partial charge in [0.1, 0.15) is 0 Å². The molecule has 6 rings (SSSR count). The van der Waals surface area contributed by atoms with E-state index in [4.69, 9.17) is 4.74 Å². The Morgan fingerprint density at radius 2 is 2.00 bits per heavy atom. The molecule has 2 aromatic rings. The number of fused-ring (bicyclic) bond motifs is 3. The van der Waals surface area contributed by atoms with Gasteiger partial charge in [0.15, 0.2) is 0 Å². The number of nitrogens with zero attached hydrogens (tertiary/aromatic N) is 2. The quantitative estimate of drug-likeness (QED) is 0.677. The van der Waals surface area contributed by atoms with E-state index >= 15 is 0 Å². The average Bonchev–Trinajstić information content (AvgIpc) is 3.44. The number of rotatable bonds is 6. The molecule has 3 aliphatic heterocycles. The molecule has 1 saturated carbocycles. The fourth-order valence-electron chi connectivity index (χ4n) is 6.54. The predicted molar refractivity (Wildman–Crippen MR) is 138 cm³/mol. The molecule has 2 fully saturated rings. The van der Waals surface area contributed by atoms with Crippen molar-refractivity contribution in [3.05, 3.63) is 51.2 Å². The fourth-order valence-corrected chi connectivity index (χ4v) is 7.72. The van der Waals surface area contributed by atoms with Crippen LogP contribution in [-0.4, -0.2) is 56.2 Å². The molecule has 1 aliphatic carbocycles. The average molecular weight is 480 g/mol. The molecule has 1 amide bonds. The second-order valence-electron chi connectivity index (χ2n) is 10.7. The van der Waals surface area contributed by atoms with Crippen molar-refractivity contribution in [3.63, 3.8) is 0 Å². The van der Waals surface area contributed by atoms with Crippen molar-refractivity contribution in [2.45, 2.75) is 63.5 Å². The van der Waals surface area contributed by atoms with Gasteiger partial charge in [-0.25, -0.2) is 0 Å². The highest BCUT2D eigenvalue weighted by Crippen LogP contribution is 2.45. The molecular formula is C28H37N3O2S. The first-order valence-corrected chi connectivity index (χ1v) is 14.0. The first-order valence-electron chi connectivity index (χ1n) is 13.2. The van der Waals surface area contributed by atoms with E-state index in [-0.39, 0.29) is 11.5 Å². The highest BCUT2D eigenvalue weighted by Gasteiger charge is 2.42. The lowest BCUT2D eigenvalue weighted by Crippen LogP contribution is -2.52. The molecule has 1 aromatic heterocycles. The molecule has 182 valence electrons. The molecule has 0 unspecified atom stereocenters. The molecule has 0 bridgehead atoms. The van der Waals surface area contributed by atoms with Crippen molar-refractivity contribution < 1.29 is 9.53 Å². The molecule has 4 aliphatic rings. The van der Waals surface area contributed by atoms with E-state index in [2.05, 4.69) is 52.4 Å². The van der Waals surface area contributed by atoms with Gasteiger partial charge in [0.05, 0.1) is 18.8 Å². The number of amides is 1. The van der Waals surface area contributed by atoms with Gasteiger partial charge in [-0.3, -0.25) is 4.79 Å². The molecule has 1 spiro atoms. The Bertz CT molecular complexity index is 1040. The van der Waals surface area contributed by atoms with Crippen LogP contribution < -0.4 is 10.2 Å². The Kier molecular flexibility index (Phi) is 6.16. The van der Waals surface area contributed by atoms with Crippen molar-refractivity contribution in [1.82, 2.24) is 10.2 Å². The number of carbonyl (C=O) groups excluding carboxylic acids is 1. The largest absolute Gasteiger partial charge is 0.370 e. The van der Waals surface area contributed by atoms with E-state index < -0.39 is 0 Å². The van der Waals surface area contributed by atoms with Crippen molar-refractivity contribution in [3.8, 4) is 0 Å². The third-order valence-corrected chi connectivity index (χ3v) is 9.84. The summed E-state index contributed by atoms with van der Waals surface area (Å²) in [5, 5.41) is 3.29. The van der Waals surface area contributed by atoms with Crippen LogP contribution >= 0.6 is 11.3 Å². The Morgan fingerprint density at radius 1 is 1.18 bits per heavy atom. The van der Waals surface area contributed by atoms with Crippen LogP contribution in [0.3, 0.4) is 0 Å². The third kappa shape index (κ3) is 4.29. The van der Waals surface area contributed by atoms with Crippen molar-refractivity contribution in [1.29, 1.82) is 0 Å². The van der Waals surface area contributed by atoms with Gasteiger partial charge in [0.2, 0.25) is 5.91 Å². The molecule has 1 saturated heterocycles. The van der Waals surface area contributed by atoms with E-state index in [9.17, 15) is 4.79 Å². The fraction of sp³-hybridized carbons (Fsp3) is 0.607. The summed E-state index contributed by atoms with van der Waals surface area (Å²) in [4.78, 5) is 20.6. The number of hydrogen-bond donors (Lipinski definition) is 1. The maximum Gasteiger partial charge on any atom is 0.239 e. The zero-order chi connectivity index (χ0) is 23.1. The third-order valence-electron chi connectivity index (χ3n) is 8.51. The highest BCUT2D eigenvalue weighted by molar-refractivity contribution is 7.12. The van der Waals surface area contributed by atoms with Gasteiger partial charge in [0.25, 0.3) is 0 Å². The summed E-state index contributed by atoms with van der Waals surface area (Å²) in [5.41, 5.74) is 4.07. The molecule has 1 aromatic carbocycles. The van der Waals surface area contributed by atoms with Gasteiger partial charge in [-0.1, -0.05) is 25.1 Å². The molecule has 0 atom stereocenters. The second kappa shape index (κ2) is 9.29. The second-order valence-corrected chi connectivity index (χ2v) is 11.9. The minimum atomic E-state index is -0.0294. The number of ether oxygens (including phenoxy) is 1. The Labute approximate surface area is 207 Å². The van der Waals surface area contributed by atoms with Gasteiger partial charge < -0.3 is 19.9 Å². The van der Waals surface area contributed by atoms with Crippen molar-refractivity contribution in [2.75, 3.05) is 44.2 Å². The summed E-state index contributed by atoms with van der Waals surface area (Å²) in [7, 11) is 0. The van der Waals surface area contributed by atoms with Crippen LogP contribution in [0, 0.1) is 5.92 Å². The molecule has 0 radical (unpaired) electrons. The van der Waals surface area contributed by atoms with E-state index in [1.54, 1.807) is 4.88 Å². The van der Waals surface area contributed by atoms with Crippen LogP contribution in [0.2, 0.25) is 0 Å². The van der Waals surface area contributed by atoms with Gasteiger partial charge in [-0.05, 0) is 67.7 Å². The van der Waals surface area contributed by atoms with Crippen LogP contribution in [0.5, 0.6) is 0 Å². The number of benzene rings is 1. The van der Waals surface area contributed by atoms with Gasteiger partial charge >= 0.3 is 0 Å². The molecule has 5 nitrogen and oxygen atoms in total. The Balaban J connectivity index is 0.947. The first kappa shape index (κ1) is 22.6. The zero-order valence-corrected chi connectivity index (χ0v) is 21.2. The zero-order valence-electron chi connectivity index (χ0n) is 20.4. The number of anilines is 1. The summed E-state index contributed by atoms with van der Waals surface area (Å²) < 4.78 is 6.45. The number of thiophene rings is 1. The van der Waals surface area contributed by atoms with Crippen LogP contribution in [0.25, 0.3) is 0 Å². The number of likely N-dealkylation sites (tertiary alicyclic amines) is 1. The molecule has 1 N–H and O–H groups in total. The molecule has 34 heavy (non-hydrogen) atoms. The number of piperidine rings is 1. The first-order chi connectivity index (χ1) is 16.6. The molecule has 4 heterocycles. The van der Waals surface area contributed by atoms with Crippen LogP contribution in [0.15, 0.2) is 30.3 Å². The lowest BCUT2D eigenvalue weighted by atomic mass is 9.78. The number of para-hydroxylation sites is 1. The molecule has 6 heteroatoms. The number of hydrogen-bond acceptors (Lipinski definition) is 5. The topological polar surface area (TPSA) is 44.8 Å². The summed E-state index contributed by atoms with van der Waals surface area (Å²) in [6.45, 7) is 7.98. The Hall–Kier alpha value is -1.89. The Morgan fingerprint density at radius 3 is 2.82 bits per heavy atom. The van der Waals surface area contributed by atoms with E-state index in [0.717, 1.165) is 71.2 Å². The van der Waals surface area contributed by atoms with Crippen LogP contribution in [0.4, 0.5) is 5.69 Å². The number of aryl methyl sites for hydroxylation is 1. The van der Waals surface area contributed by atoms with E-state index in [0.29, 0.717) is 18.5 Å². The van der Waals surface area contributed by atoms with Gasteiger partial charge in [-0.15, -0.1) is 11.3 Å². The lowest BCUT2D eigenvalue weighted by Gasteiger charge is -2.46. The van der Waals surface area contributed by atoms with E-state index in [1.807, 2.05) is 11.3 Å². The van der Waals surface area contributed by atoms with Crippen LogP contribution in [0.1, 0.15) is 53.5 Å². The predicted octanol–water partition coefficient (Wildman–Crippen LogP) is 4.13. The summed E-state index contributed by atoms with van der Waals surface area (Å²) in [6.07, 6.45) is 7.73. The summed E-state index contributed by atoms with van der Waals surface area (Å²) in [6, 6.07) is 11.3. The highest BCUT2D eigenvalue weighted by atomic mass is 32.1. The number of nitrogens with one attached hydrogen (secondary N) is 1. The minimum absolute atomic E-state index is 0.0294. The maximum atomic E-state index is 12.6. The molecular weight excluding hydrogens is 442 g/mol. The standard InChI is InChI=1S/C28H37N3O2S/c1-2-23-17-24-26(34-23)8-14-33-28(24)9-12-30(13-10-28)18-20-15-22(16-20)29-27(32)19-31-11-7-21-5-3-4-6-25(21)31/h3-6,17,20,22H,2,7-16,18-19H2,1H3,(H,29,32).